The van der Waals surface area contributed by atoms with Gasteiger partial charge >= 0.3 is 0 Å². The van der Waals surface area contributed by atoms with Crippen LogP contribution in [0.4, 0.5) is 0 Å². The fraction of sp³-hybridized carbons (Fsp3) is 0.867. The van der Waals surface area contributed by atoms with Gasteiger partial charge in [0.2, 0.25) is 11.8 Å². The Morgan fingerprint density at radius 2 is 1.79 bits per heavy atom. The van der Waals surface area contributed by atoms with Crippen LogP contribution in [0.3, 0.4) is 0 Å². The number of likely N-dealkylation sites (tertiary alicyclic amines) is 1. The van der Waals surface area contributed by atoms with Gasteiger partial charge in [-0.3, -0.25) is 9.59 Å². The molecular weight excluding hydrogens is 240 g/mol. The summed E-state index contributed by atoms with van der Waals surface area (Å²) in [5, 5.41) is 2.64. The summed E-state index contributed by atoms with van der Waals surface area (Å²) in [6.07, 6.45) is 2.21. The number of nitrogens with zero attached hydrogens (tertiary/aromatic N) is 1. The molecule has 0 saturated carbocycles. The zero-order valence-electron chi connectivity index (χ0n) is 13.3. The Bertz CT molecular complexity index is 285. The second kappa shape index (κ2) is 8.94. The lowest BCUT2D eigenvalue weighted by molar-refractivity contribution is -0.137. The molecule has 1 heterocycles. The molecule has 4 heteroatoms. The van der Waals surface area contributed by atoms with Crippen molar-refractivity contribution in [2.24, 2.45) is 11.8 Å². The minimum atomic E-state index is -0.273. The SMILES string of the molecule is CC(C)C.CNC(=O)C(CC(C)C)N1CCCC1=O. The first kappa shape index (κ1) is 17.9. The number of carbonyl (C=O) groups is 2. The first-order valence-corrected chi connectivity index (χ1v) is 7.30. The quantitative estimate of drug-likeness (QED) is 0.853. The molecule has 1 rings (SSSR count). The Balaban J connectivity index is 0.000000711. The number of nitrogens with one attached hydrogen (secondary N) is 1. The predicted molar refractivity (Wildman–Crippen MR) is 78.8 cm³/mol. The third-order valence-electron chi connectivity index (χ3n) is 2.73. The lowest BCUT2D eigenvalue weighted by Gasteiger charge is -2.27. The molecule has 1 unspecified atom stereocenters. The summed E-state index contributed by atoms with van der Waals surface area (Å²) in [5.41, 5.74) is 0. The van der Waals surface area contributed by atoms with Crippen molar-refractivity contribution in [1.29, 1.82) is 0 Å². The molecule has 1 saturated heterocycles. The largest absolute Gasteiger partial charge is 0.357 e. The summed E-state index contributed by atoms with van der Waals surface area (Å²) in [5.74, 6) is 1.32. The highest BCUT2D eigenvalue weighted by molar-refractivity contribution is 5.88. The molecule has 1 atom stereocenters. The van der Waals surface area contributed by atoms with E-state index in [1.807, 2.05) is 0 Å². The first-order valence-electron chi connectivity index (χ1n) is 7.30. The fourth-order valence-corrected chi connectivity index (χ4v) is 1.99. The topological polar surface area (TPSA) is 49.4 Å². The molecule has 1 aliphatic heterocycles. The maximum Gasteiger partial charge on any atom is 0.242 e. The van der Waals surface area contributed by atoms with Crippen LogP contribution in [0, 0.1) is 11.8 Å². The van der Waals surface area contributed by atoms with Crippen LogP contribution in [0.1, 0.15) is 53.9 Å². The lowest BCUT2D eigenvalue weighted by atomic mass is 10.0. The van der Waals surface area contributed by atoms with Gasteiger partial charge in [0, 0.05) is 20.0 Å². The zero-order valence-corrected chi connectivity index (χ0v) is 13.3. The van der Waals surface area contributed by atoms with Crippen LogP contribution in [-0.2, 0) is 9.59 Å². The van der Waals surface area contributed by atoms with Gasteiger partial charge in [-0.2, -0.15) is 0 Å². The highest BCUT2D eigenvalue weighted by atomic mass is 16.2. The molecule has 1 N–H and O–H groups in total. The van der Waals surface area contributed by atoms with Crippen molar-refractivity contribution in [2.45, 2.75) is 59.9 Å². The van der Waals surface area contributed by atoms with Crippen LogP contribution in [0.5, 0.6) is 0 Å². The van der Waals surface area contributed by atoms with Crippen LogP contribution in [0.2, 0.25) is 0 Å². The van der Waals surface area contributed by atoms with E-state index in [9.17, 15) is 9.59 Å². The van der Waals surface area contributed by atoms with Crippen molar-refractivity contribution in [3.05, 3.63) is 0 Å². The van der Waals surface area contributed by atoms with Crippen LogP contribution in [0.15, 0.2) is 0 Å². The van der Waals surface area contributed by atoms with E-state index in [4.69, 9.17) is 0 Å². The monoisotopic (exact) mass is 270 g/mol. The average Bonchev–Trinajstić information content (AvgIpc) is 2.70. The minimum absolute atomic E-state index is 0.0426. The average molecular weight is 270 g/mol. The molecule has 0 bridgehead atoms. The molecule has 1 fully saturated rings. The predicted octanol–water partition coefficient (Wildman–Crippen LogP) is 2.43. The molecule has 19 heavy (non-hydrogen) atoms. The summed E-state index contributed by atoms with van der Waals surface area (Å²) >= 11 is 0. The van der Waals surface area contributed by atoms with Crippen LogP contribution in [-0.4, -0.2) is 36.3 Å². The maximum absolute atomic E-state index is 11.7. The Labute approximate surface area is 117 Å². The second-order valence-electron chi connectivity index (χ2n) is 6.18. The third-order valence-corrected chi connectivity index (χ3v) is 2.73. The standard InChI is InChI=1S/C11H20N2O2.C4H10/c1-8(2)7-9(11(15)12-3)13-6-4-5-10(13)14;1-4(2)3/h8-9H,4-7H2,1-3H3,(H,12,15);4H,1-3H3. The number of amides is 2. The molecule has 0 spiro atoms. The molecule has 0 aromatic carbocycles. The van der Waals surface area contributed by atoms with Gasteiger partial charge in [-0.1, -0.05) is 34.6 Å². The van der Waals surface area contributed by atoms with E-state index in [-0.39, 0.29) is 17.9 Å². The highest BCUT2D eigenvalue weighted by Gasteiger charge is 2.32. The molecule has 0 aromatic rings. The number of likely N-dealkylation sites (N-methyl/N-ethyl adjacent to an activating group) is 1. The third kappa shape index (κ3) is 7.19. The molecule has 1 aliphatic rings. The fourth-order valence-electron chi connectivity index (χ4n) is 1.99. The highest BCUT2D eigenvalue weighted by Crippen LogP contribution is 2.19. The van der Waals surface area contributed by atoms with E-state index in [1.54, 1.807) is 11.9 Å². The van der Waals surface area contributed by atoms with Crippen molar-refractivity contribution in [3.63, 3.8) is 0 Å². The van der Waals surface area contributed by atoms with E-state index in [0.717, 1.165) is 25.3 Å². The smallest absolute Gasteiger partial charge is 0.242 e. The van der Waals surface area contributed by atoms with Gasteiger partial charge in [0.25, 0.3) is 0 Å². The van der Waals surface area contributed by atoms with Gasteiger partial charge in [-0.15, -0.1) is 0 Å². The zero-order chi connectivity index (χ0) is 15.0. The van der Waals surface area contributed by atoms with Gasteiger partial charge in [-0.05, 0) is 24.7 Å². The number of hydrogen-bond donors (Lipinski definition) is 1. The Kier molecular flexibility index (Phi) is 8.44. The number of hydrogen-bond acceptors (Lipinski definition) is 2. The molecule has 0 radical (unpaired) electrons. The van der Waals surface area contributed by atoms with Crippen molar-refractivity contribution in [1.82, 2.24) is 10.2 Å². The molecule has 0 aliphatic carbocycles. The van der Waals surface area contributed by atoms with Crippen molar-refractivity contribution in [3.8, 4) is 0 Å². The van der Waals surface area contributed by atoms with Crippen LogP contribution in [0.25, 0.3) is 0 Å². The van der Waals surface area contributed by atoms with Crippen molar-refractivity contribution in [2.75, 3.05) is 13.6 Å². The summed E-state index contributed by atoms with van der Waals surface area (Å²) in [6, 6.07) is -0.273. The summed E-state index contributed by atoms with van der Waals surface area (Å²) in [7, 11) is 1.62. The van der Waals surface area contributed by atoms with Gasteiger partial charge < -0.3 is 10.2 Å². The Hall–Kier alpha value is -1.06. The second-order valence-corrected chi connectivity index (χ2v) is 6.18. The summed E-state index contributed by atoms with van der Waals surface area (Å²) in [4.78, 5) is 25.0. The summed E-state index contributed by atoms with van der Waals surface area (Å²) < 4.78 is 0. The normalized spacial score (nSPS) is 16.4. The van der Waals surface area contributed by atoms with E-state index >= 15 is 0 Å². The number of carbonyl (C=O) groups excluding carboxylic acids is 2. The Morgan fingerprint density at radius 1 is 1.26 bits per heavy atom. The Morgan fingerprint density at radius 3 is 2.11 bits per heavy atom. The molecule has 112 valence electrons. The molecule has 0 aromatic heterocycles. The molecule has 2 amide bonds. The van der Waals surface area contributed by atoms with Crippen LogP contribution >= 0.6 is 0 Å². The van der Waals surface area contributed by atoms with Crippen molar-refractivity contribution < 1.29 is 9.59 Å². The van der Waals surface area contributed by atoms with Crippen LogP contribution < -0.4 is 5.32 Å². The number of rotatable bonds is 4. The van der Waals surface area contributed by atoms with E-state index < -0.39 is 0 Å². The first-order chi connectivity index (χ1) is 8.79. The molecule has 4 nitrogen and oxygen atoms in total. The van der Waals surface area contributed by atoms with E-state index in [0.29, 0.717) is 12.3 Å². The van der Waals surface area contributed by atoms with E-state index in [1.165, 1.54) is 0 Å². The minimum Gasteiger partial charge on any atom is -0.357 e. The summed E-state index contributed by atoms with van der Waals surface area (Å²) in [6.45, 7) is 11.4. The van der Waals surface area contributed by atoms with Gasteiger partial charge in [0.05, 0.1) is 0 Å². The van der Waals surface area contributed by atoms with E-state index in [2.05, 4.69) is 39.9 Å². The van der Waals surface area contributed by atoms with Crippen molar-refractivity contribution >= 4 is 11.8 Å². The van der Waals surface area contributed by atoms with Gasteiger partial charge in [0.1, 0.15) is 6.04 Å². The lowest BCUT2D eigenvalue weighted by Crippen LogP contribution is -2.47. The maximum atomic E-state index is 11.7. The molecular formula is C15H30N2O2. The van der Waals surface area contributed by atoms with Gasteiger partial charge in [0.15, 0.2) is 0 Å². The van der Waals surface area contributed by atoms with Gasteiger partial charge in [-0.25, -0.2) is 0 Å².